The lowest BCUT2D eigenvalue weighted by molar-refractivity contribution is -0.123. The van der Waals surface area contributed by atoms with Crippen LogP contribution in [-0.2, 0) is 4.79 Å². The second kappa shape index (κ2) is 1.97. The van der Waals surface area contributed by atoms with Gasteiger partial charge in [-0.25, -0.2) is 4.79 Å². The largest absolute Gasteiger partial charge is 0.324 e. The van der Waals surface area contributed by atoms with E-state index in [9.17, 15) is 9.59 Å². The van der Waals surface area contributed by atoms with E-state index < -0.39 is 11.6 Å². The van der Waals surface area contributed by atoms with E-state index in [2.05, 4.69) is 10.6 Å². The number of carbonyl (C=O) groups excluding carboxylic acids is 2. The first-order valence-corrected chi connectivity index (χ1v) is 3.22. The standard InChI is InChI=1S/C6H10N2O2/c1-3-6(2)4(9)7-5(10)8-6/h3H2,1-2H3,(H2,7,8,9,10)/t6-/m1/s1. The average molecular weight is 142 g/mol. The highest BCUT2D eigenvalue weighted by Crippen LogP contribution is 2.12. The summed E-state index contributed by atoms with van der Waals surface area (Å²) in [7, 11) is 0. The van der Waals surface area contributed by atoms with Crippen molar-refractivity contribution < 1.29 is 9.59 Å². The van der Waals surface area contributed by atoms with Crippen LogP contribution in [-0.4, -0.2) is 17.5 Å². The fourth-order valence-electron chi connectivity index (χ4n) is 0.829. The van der Waals surface area contributed by atoms with E-state index in [0.29, 0.717) is 6.42 Å². The number of amides is 3. The molecule has 1 atom stereocenters. The maximum absolute atomic E-state index is 10.9. The van der Waals surface area contributed by atoms with Crippen molar-refractivity contribution in [2.45, 2.75) is 25.8 Å². The quantitative estimate of drug-likeness (QED) is 0.506. The average Bonchev–Trinajstić information content (AvgIpc) is 2.09. The number of carbonyl (C=O) groups is 2. The van der Waals surface area contributed by atoms with Crippen molar-refractivity contribution in [1.29, 1.82) is 0 Å². The smallest absolute Gasteiger partial charge is 0.322 e. The molecule has 1 saturated heterocycles. The molecule has 1 aliphatic rings. The van der Waals surface area contributed by atoms with Crippen molar-refractivity contribution in [1.82, 2.24) is 10.6 Å². The topological polar surface area (TPSA) is 58.2 Å². The van der Waals surface area contributed by atoms with Crippen LogP contribution >= 0.6 is 0 Å². The maximum Gasteiger partial charge on any atom is 0.322 e. The monoisotopic (exact) mass is 142 g/mol. The molecule has 0 unspecified atom stereocenters. The molecular weight excluding hydrogens is 132 g/mol. The summed E-state index contributed by atoms with van der Waals surface area (Å²) in [4.78, 5) is 21.5. The molecule has 4 nitrogen and oxygen atoms in total. The normalized spacial score (nSPS) is 31.8. The van der Waals surface area contributed by atoms with Gasteiger partial charge < -0.3 is 5.32 Å². The van der Waals surface area contributed by atoms with Gasteiger partial charge in [-0.1, -0.05) is 6.92 Å². The van der Waals surface area contributed by atoms with Gasteiger partial charge in [-0.15, -0.1) is 0 Å². The molecule has 0 bridgehead atoms. The van der Waals surface area contributed by atoms with Crippen molar-refractivity contribution in [3.63, 3.8) is 0 Å². The van der Waals surface area contributed by atoms with E-state index >= 15 is 0 Å². The Bertz CT molecular complexity index is 190. The summed E-state index contributed by atoms with van der Waals surface area (Å²) in [6.45, 7) is 3.55. The molecule has 1 heterocycles. The highest BCUT2D eigenvalue weighted by molar-refractivity contribution is 6.06. The van der Waals surface area contributed by atoms with E-state index in [1.54, 1.807) is 6.92 Å². The van der Waals surface area contributed by atoms with Crippen molar-refractivity contribution in [2.24, 2.45) is 0 Å². The number of hydrogen-bond acceptors (Lipinski definition) is 2. The summed E-state index contributed by atoms with van der Waals surface area (Å²) in [5.74, 6) is -0.236. The first-order valence-electron chi connectivity index (χ1n) is 3.22. The molecule has 4 heteroatoms. The highest BCUT2D eigenvalue weighted by atomic mass is 16.2. The zero-order chi connectivity index (χ0) is 7.78. The van der Waals surface area contributed by atoms with Gasteiger partial charge >= 0.3 is 6.03 Å². The van der Waals surface area contributed by atoms with Crippen molar-refractivity contribution in [2.75, 3.05) is 0 Å². The van der Waals surface area contributed by atoms with Gasteiger partial charge in [0.2, 0.25) is 0 Å². The molecule has 1 rings (SSSR count). The van der Waals surface area contributed by atoms with Gasteiger partial charge in [0.15, 0.2) is 0 Å². The van der Waals surface area contributed by atoms with E-state index in [-0.39, 0.29) is 5.91 Å². The van der Waals surface area contributed by atoms with Crippen LogP contribution in [0.15, 0.2) is 0 Å². The molecule has 3 amide bonds. The number of imide groups is 1. The predicted octanol–water partition coefficient (Wildman–Crippen LogP) is -0.00550. The first-order chi connectivity index (χ1) is 4.58. The molecule has 56 valence electrons. The summed E-state index contributed by atoms with van der Waals surface area (Å²) in [5.41, 5.74) is -0.683. The third-order valence-corrected chi connectivity index (χ3v) is 1.82. The van der Waals surface area contributed by atoms with Crippen LogP contribution in [0.4, 0.5) is 4.79 Å². The zero-order valence-electron chi connectivity index (χ0n) is 6.02. The Kier molecular flexibility index (Phi) is 1.39. The summed E-state index contributed by atoms with van der Waals surface area (Å²) in [5, 5.41) is 4.70. The lowest BCUT2D eigenvalue weighted by Crippen LogP contribution is -2.42. The van der Waals surface area contributed by atoms with Crippen LogP contribution in [0.5, 0.6) is 0 Å². The summed E-state index contributed by atoms with van der Waals surface area (Å²) in [6.07, 6.45) is 0.616. The number of urea groups is 1. The van der Waals surface area contributed by atoms with Gasteiger partial charge in [0, 0.05) is 0 Å². The SMILES string of the molecule is CC[C@@]1(C)NC(=O)NC1=O. The van der Waals surface area contributed by atoms with E-state index in [0.717, 1.165) is 0 Å². The first kappa shape index (κ1) is 7.05. The van der Waals surface area contributed by atoms with E-state index in [1.807, 2.05) is 6.92 Å². The lowest BCUT2D eigenvalue weighted by atomic mass is 10.0. The third kappa shape index (κ3) is 0.853. The van der Waals surface area contributed by atoms with Crippen LogP contribution in [0.3, 0.4) is 0 Å². The molecule has 0 spiro atoms. The molecule has 0 aliphatic carbocycles. The van der Waals surface area contributed by atoms with Gasteiger partial charge in [-0.3, -0.25) is 10.1 Å². The van der Waals surface area contributed by atoms with Gasteiger partial charge in [-0.2, -0.15) is 0 Å². The van der Waals surface area contributed by atoms with Crippen LogP contribution in [0, 0.1) is 0 Å². The number of hydrogen-bond donors (Lipinski definition) is 2. The molecule has 0 aromatic heterocycles. The number of nitrogens with one attached hydrogen (secondary N) is 2. The summed E-state index contributed by atoms with van der Waals surface area (Å²) < 4.78 is 0. The Morgan fingerprint density at radius 1 is 1.50 bits per heavy atom. The molecular formula is C6H10N2O2. The summed E-state index contributed by atoms with van der Waals surface area (Å²) >= 11 is 0. The summed E-state index contributed by atoms with van der Waals surface area (Å²) in [6, 6.07) is -0.394. The molecule has 0 saturated carbocycles. The number of rotatable bonds is 1. The minimum Gasteiger partial charge on any atom is -0.324 e. The maximum atomic E-state index is 10.9. The third-order valence-electron chi connectivity index (χ3n) is 1.82. The molecule has 0 aromatic rings. The van der Waals surface area contributed by atoms with Gasteiger partial charge in [0.25, 0.3) is 5.91 Å². The minimum absolute atomic E-state index is 0.236. The Labute approximate surface area is 59.0 Å². The Hall–Kier alpha value is -1.06. The van der Waals surface area contributed by atoms with Crippen molar-refractivity contribution in [3.8, 4) is 0 Å². The highest BCUT2D eigenvalue weighted by Gasteiger charge is 2.39. The second-order valence-corrected chi connectivity index (χ2v) is 2.59. The molecule has 0 aromatic carbocycles. The minimum atomic E-state index is -0.683. The zero-order valence-corrected chi connectivity index (χ0v) is 6.02. The molecule has 10 heavy (non-hydrogen) atoms. The molecule has 1 fully saturated rings. The second-order valence-electron chi connectivity index (χ2n) is 2.59. The van der Waals surface area contributed by atoms with Crippen LogP contribution in [0.2, 0.25) is 0 Å². The Morgan fingerprint density at radius 3 is 2.30 bits per heavy atom. The van der Waals surface area contributed by atoms with E-state index in [1.165, 1.54) is 0 Å². The molecule has 0 radical (unpaired) electrons. The van der Waals surface area contributed by atoms with Gasteiger partial charge in [0.05, 0.1) is 0 Å². The Balaban J connectivity index is 2.80. The fraction of sp³-hybridized carbons (Fsp3) is 0.667. The van der Waals surface area contributed by atoms with Gasteiger partial charge in [-0.05, 0) is 13.3 Å². The lowest BCUT2D eigenvalue weighted by Gasteiger charge is -2.16. The fourth-order valence-corrected chi connectivity index (χ4v) is 0.829. The van der Waals surface area contributed by atoms with Crippen molar-refractivity contribution >= 4 is 11.9 Å². The van der Waals surface area contributed by atoms with Crippen LogP contribution in [0.1, 0.15) is 20.3 Å². The molecule has 2 N–H and O–H groups in total. The van der Waals surface area contributed by atoms with Gasteiger partial charge in [0.1, 0.15) is 5.54 Å². The predicted molar refractivity (Wildman–Crippen MR) is 35.4 cm³/mol. The van der Waals surface area contributed by atoms with E-state index in [4.69, 9.17) is 0 Å². The van der Waals surface area contributed by atoms with Crippen LogP contribution in [0.25, 0.3) is 0 Å². The molecule has 1 aliphatic heterocycles. The van der Waals surface area contributed by atoms with Crippen LogP contribution < -0.4 is 10.6 Å². The Morgan fingerprint density at radius 2 is 2.10 bits per heavy atom. The van der Waals surface area contributed by atoms with Crippen molar-refractivity contribution in [3.05, 3.63) is 0 Å².